The molecule has 0 saturated heterocycles. The summed E-state index contributed by atoms with van der Waals surface area (Å²) in [6.07, 6.45) is -7.48. The minimum Gasteiger partial charge on any atom is -0.449 e. The number of rotatable bonds is 4. The van der Waals surface area contributed by atoms with Crippen LogP contribution in [-0.4, -0.2) is 21.9 Å². The van der Waals surface area contributed by atoms with E-state index in [1.807, 2.05) is 0 Å². The zero-order chi connectivity index (χ0) is 14.7. The van der Waals surface area contributed by atoms with Crippen LogP contribution in [0.1, 0.15) is 6.92 Å². The Kier molecular flexibility index (Phi) is 5.41. The van der Waals surface area contributed by atoms with Crippen molar-refractivity contribution in [2.75, 3.05) is 0 Å². The number of thioether (sulfide) groups is 1. The van der Waals surface area contributed by atoms with Crippen LogP contribution < -0.4 is 0 Å². The highest BCUT2D eigenvalue weighted by Crippen LogP contribution is 2.48. The van der Waals surface area contributed by atoms with E-state index in [1.165, 1.54) is 0 Å². The fraction of sp³-hybridized carbons (Fsp3) is 0.364. The van der Waals surface area contributed by atoms with Crippen LogP contribution in [0.4, 0.5) is 13.2 Å². The van der Waals surface area contributed by atoms with Crippen molar-refractivity contribution in [3.63, 3.8) is 0 Å². The number of benzene rings is 1. The predicted octanol–water partition coefficient (Wildman–Crippen LogP) is 4.40. The van der Waals surface area contributed by atoms with E-state index >= 15 is 0 Å². The van der Waals surface area contributed by atoms with Crippen molar-refractivity contribution in [2.24, 2.45) is 0 Å². The second kappa shape index (κ2) is 6.24. The first-order valence-electron chi connectivity index (χ1n) is 4.99. The number of carbonyl (C=O) groups excluding carboxylic acids is 1. The second-order valence-electron chi connectivity index (χ2n) is 3.51. The lowest BCUT2D eigenvalue weighted by Crippen LogP contribution is -2.44. The monoisotopic (exact) mass is 332 g/mol. The normalized spacial score (nSPS) is 14.0. The lowest BCUT2D eigenvalue weighted by Gasteiger charge is -2.30. The average molecular weight is 333 g/mol. The van der Waals surface area contributed by atoms with E-state index in [9.17, 15) is 18.0 Å². The Morgan fingerprint density at radius 1 is 1.26 bits per heavy atom. The molecule has 106 valence electrons. The molecule has 0 aliphatic heterocycles. The lowest BCUT2D eigenvalue weighted by atomic mass is 10.4. The summed E-state index contributed by atoms with van der Waals surface area (Å²) >= 11 is 11.9. The van der Waals surface area contributed by atoms with Crippen LogP contribution in [0.3, 0.4) is 0 Å². The van der Waals surface area contributed by atoms with Crippen LogP contribution in [0.25, 0.3) is 0 Å². The molecule has 0 aliphatic rings. The summed E-state index contributed by atoms with van der Waals surface area (Å²) < 4.78 is 40.3. The van der Waals surface area contributed by atoms with Gasteiger partial charge in [0.25, 0.3) is 0 Å². The van der Waals surface area contributed by atoms with Crippen LogP contribution in [0, 0.1) is 0 Å². The Bertz CT molecular complexity index is 437. The van der Waals surface area contributed by atoms with E-state index in [0.717, 1.165) is 6.92 Å². The quantitative estimate of drug-likeness (QED) is 0.464. The summed E-state index contributed by atoms with van der Waals surface area (Å²) in [5.41, 5.74) is 0. The van der Waals surface area contributed by atoms with Gasteiger partial charge in [-0.2, -0.15) is 13.2 Å². The number of halogens is 5. The van der Waals surface area contributed by atoms with Crippen molar-refractivity contribution in [3.8, 4) is 0 Å². The van der Waals surface area contributed by atoms with E-state index in [4.69, 9.17) is 23.2 Å². The number of hydrogen-bond acceptors (Lipinski definition) is 3. The topological polar surface area (TPSA) is 26.3 Å². The van der Waals surface area contributed by atoms with E-state index < -0.39 is 21.9 Å². The molecule has 0 fully saturated rings. The summed E-state index contributed by atoms with van der Waals surface area (Å²) in [6.45, 7) is 0.857. The Hall–Kier alpha value is -0.590. The van der Waals surface area contributed by atoms with Gasteiger partial charge in [-0.15, -0.1) is 0 Å². The van der Waals surface area contributed by atoms with Crippen molar-refractivity contribution in [1.29, 1.82) is 0 Å². The lowest BCUT2D eigenvalue weighted by molar-refractivity contribution is -0.218. The third kappa shape index (κ3) is 5.12. The molecule has 1 aromatic carbocycles. The van der Waals surface area contributed by atoms with E-state index in [2.05, 4.69) is 4.74 Å². The molecule has 0 radical (unpaired) electrons. The SMILES string of the molecule is CC(=O)O[C@H](C(F)(F)F)C(Cl)(Cl)Sc1ccccc1. The molecule has 2 nitrogen and oxygen atoms in total. The summed E-state index contributed by atoms with van der Waals surface area (Å²) in [4.78, 5) is 11.2. The third-order valence-electron chi connectivity index (χ3n) is 1.88. The van der Waals surface area contributed by atoms with Crippen LogP contribution in [0.2, 0.25) is 0 Å². The standard InChI is InChI=1S/C11H9Cl2F3O2S/c1-7(17)18-9(11(14,15)16)10(12,13)19-8-5-3-2-4-6-8/h2-6,9H,1H3/t9-/m0/s1. The molecule has 8 heteroatoms. The van der Waals surface area contributed by atoms with Crippen molar-refractivity contribution in [3.05, 3.63) is 30.3 Å². The van der Waals surface area contributed by atoms with Gasteiger partial charge in [0, 0.05) is 11.8 Å². The Morgan fingerprint density at radius 3 is 2.21 bits per heavy atom. The molecule has 0 saturated carbocycles. The maximum atomic E-state index is 12.8. The van der Waals surface area contributed by atoms with Gasteiger partial charge in [-0.05, 0) is 12.1 Å². The maximum Gasteiger partial charge on any atom is 0.429 e. The molecule has 0 aliphatic carbocycles. The highest BCUT2D eigenvalue weighted by atomic mass is 35.5. The van der Waals surface area contributed by atoms with Gasteiger partial charge in [-0.25, -0.2) is 0 Å². The first kappa shape index (κ1) is 16.5. The molecule has 19 heavy (non-hydrogen) atoms. The molecule has 0 amide bonds. The zero-order valence-electron chi connectivity index (χ0n) is 9.58. The molecule has 0 N–H and O–H groups in total. The average Bonchev–Trinajstić information content (AvgIpc) is 2.25. The van der Waals surface area contributed by atoms with Crippen molar-refractivity contribution in [2.45, 2.75) is 27.8 Å². The minimum absolute atomic E-state index is 0.425. The summed E-state index contributed by atoms with van der Waals surface area (Å²) in [7, 11) is 0. The number of esters is 1. The Morgan fingerprint density at radius 2 is 1.79 bits per heavy atom. The van der Waals surface area contributed by atoms with Gasteiger partial charge < -0.3 is 4.74 Å². The molecular weight excluding hydrogens is 324 g/mol. The number of alkyl halides is 5. The minimum atomic E-state index is -4.86. The van der Waals surface area contributed by atoms with Gasteiger partial charge in [0.2, 0.25) is 9.77 Å². The third-order valence-corrected chi connectivity index (χ3v) is 3.74. The molecule has 1 aromatic rings. The van der Waals surface area contributed by atoms with Crippen molar-refractivity contribution >= 4 is 40.9 Å². The highest BCUT2D eigenvalue weighted by Gasteiger charge is 2.56. The molecule has 0 bridgehead atoms. The van der Waals surface area contributed by atoms with E-state index in [-0.39, 0.29) is 0 Å². The Labute approximate surface area is 122 Å². The Balaban J connectivity index is 2.96. The van der Waals surface area contributed by atoms with Crippen LogP contribution in [-0.2, 0) is 9.53 Å². The first-order chi connectivity index (χ1) is 8.63. The van der Waals surface area contributed by atoms with Gasteiger partial charge in [0.05, 0.1) is 0 Å². The molecular formula is C11H9Cl2F3O2S. The summed E-state index contributed by atoms with van der Waals surface area (Å²) in [5, 5.41) is 0. The van der Waals surface area contributed by atoms with Crippen molar-refractivity contribution < 1.29 is 22.7 Å². The van der Waals surface area contributed by atoms with Gasteiger partial charge in [0.1, 0.15) is 0 Å². The van der Waals surface area contributed by atoms with Gasteiger partial charge in [0.15, 0.2) is 0 Å². The predicted molar refractivity (Wildman–Crippen MR) is 68.3 cm³/mol. The summed E-state index contributed by atoms with van der Waals surface area (Å²) in [6, 6.07) is 8.04. The number of hydrogen-bond donors (Lipinski definition) is 0. The van der Waals surface area contributed by atoms with Crippen LogP contribution in [0.5, 0.6) is 0 Å². The number of carbonyl (C=O) groups is 1. The summed E-state index contributed by atoms with van der Waals surface area (Å²) in [5.74, 6) is -1.11. The molecule has 0 spiro atoms. The highest BCUT2D eigenvalue weighted by molar-refractivity contribution is 8.03. The molecule has 0 aromatic heterocycles. The first-order valence-corrected chi connectivity index (χ1v) is 6.56. The van der Waals surface area contributed by atoms with Crippen LogP contribution >= 0.6 is 35.0 Å². The van der Waals surface area contributed by atoms with E-state index in [0.29, 0.717) is 16.7 Å². The fourth-order valence-corrected chi connectivity index (χ4v) is 2.96. The fourth-order valence-electron chi connectivity index (χ4n) is 1.19. The van der Waals surface area contributed by atoms with Crippen LogP contribution in [0.15, 0.2) is 35.2 Å². The van der Waals surface area contributed by atoms with Gasteiger partial charge >= 0.3 is 12.1 Å². The van der Waals surface area contributed by atoms with Gasteiger partial charge in [-0.3, -0.25) is 4.79 Å². The maximum absolute atomic E-state index is 12.8. The number of ether oxygens (including phenoxy) is 1. The molecule has 0 unspecified atom stereocenters. The van der Waals surface area contributed by atoms with Crippen molar-refractivity contribution in [1.82, 2.24) is 0 Å². The van der Waals surface area contributed by atoms with E-state index in [1.54, 1.807) is 30.3 Å². The largest absolute Gasteiger partial charge is 0.449 e. The molecule has 1 atom stereocenters. The zero-order valence-corrected chi connectivity index (χ0v) is 11.9. The molecule has 1 rings (SSSR count). The second-order valence-corrected chi connectivity index (χ2v) is 6.66. The van der Waals surface area contributed by atoms with Gasteiger partial charge in [-0.1, -0.05) is 53.2 Å². The molecule has 0 heterocycles. The smallest absolute Gasteiger partial charge is 0.429 e.